The van der Waals surface area contributed by atoms with E-state index in [1.165, 1.54) is 96.3 Å². The number of allylic oxidation sites excluding steroid dienone is 22. The van der Waals surface area contributed by atoms with E-state index in [-0.39, 0.29) is 26.1 Å². The summed E-state index contributed by atoms with van der Waals surface area (Å²) in [4.78, 5) is 37.9. The standard InChI is InChI=1S/C70H118NO8P/c1-6-8-10-12-14-16-18-20-22-24-26-28-29-30-31-32-33-34-35-36-37-38-39-40-41-43-45-47-49-51-53-55-57-59-61-63-70(73)79-68(67-78-80(74,75)77-65-64-71(3,4)5)66-76-69(72)62-60-58-56-54-52-50-48-46-44-42-27-25-23-21-19-17-15-13-11-9-7-2/h8,10,14,16,20,22,25-28,30-31,33-34,36-37,39-40,43,45,49,51,68H,6-7,9,11-13,15,17-19,21,23-24,29,32,35,38,41-42,44,46-48,50,52-67H2,1-5H3/b10-8-,16-14-,22-20-,27-25-,28-26-,31-30-,34-33-,37-36-,40-39-,45-43-,51-49-. The number of rotatable bonds is 57. The predicted molar refractivity (Wildman–Crippen MR) is 341 cm³/mol. The molecular weight excluding hydrogens is 1010 g/mol. The Labute approximate surface area is 491 Å². The predicted octanol–water partition coefficient (Wildman–Crippen LogP) is 19.9. The van der Waals surface area contributed by atoms with Crippen LogP contribution < -0.4 is 4.89 Å². The summed E-state index contributed by atoms with van der Waals surface area (Å²) in [6.07, 6.45) is 86.5. The minimum absolute atomic E-state index is 0.0432. The first kappa shape index (κ1) is 76.1. The van der Waals surface area contributed by atoms with Crippen LogP contribution in [0.5, 0.6) is 0 Å². The second-order valence-electron chi connectivity index (χ2n) is 22.0. The summed E-state index contributed by atoms with van der Waals surface area (Å²) in [5.41, 5.74) is 0. The Morgan fingerprint density at radius 1 is 0.400 bits per heavy atom. The number of unbranched alkanes of at least 4 members (excludes halogenated alkanes) is 21. The van der Waals surface area contributed by atoms with Gasteiger partial charge < -0.3 is 27.9 Å². The Kier molecular flexibility index (Phi) is 56.9. The number of quaternary nitrogens is 1. The Morgan fingerprint density at radius 3 is 1.07 bits per heavy atom. The Hall–Kier alpha value is -3.85. The Bertz CT molecular complexity index is 1810. The molecule has 0 amide bonds. The number of ether oxygens (including phenoxy) is 2. The molecule has 0 heterocycles. The van der Waals surface area contributed by atoms with E-state index in [1.54, 1.807) is 0 Å². The smallest absolute Gasteiger partial charge is 0.306 e. The van der Waals surface area contributed by atoms with Crippen molar-refractivity contribution in [3.63, 3.8) is 0 Å². The van der Waals surface area contributed by atoms with Crippen molar-refractivity contribution in [2.24, 2.45) is 0 Å². The van der Waals surface area contributed by atoms with E-state index in [0.717, 1.165) is 116 Å². The first-order chi connectivity index (χ1) is 39.0. The molecule has 0 aromatic carbocycles. The number of phosphoric ester groups is 1. The maximum atomic E-state index is 12.8. The van der Waals surface area contributed by atoms with E-state index < -0.39 is 32.5 Å². The van der Waals surface area contributed by atoms with Gasteiger partial charge in [0, 0.05) is 12.8 Å². The number of nitrogens with zero attached hydrogens (tertiary/aromatic N) is 1. The third kappa shape index (κ3) is 63.3. The molecule has 0 fully saturated rings. The second kappa shape index (κ2) is 59.8. The number of carbonyl (C=O) groups is 2. The van der Waals surface area contributed by atoms with Gasteiger partial charge in [-0.1, -0.05) is 250 Å². The average molecular weight is 1130 g/mol. The molecule has 0 radical (unpaired) electrons. The van der Waals surface area contributed by atoms with Gasteiger partial charge in [-0.3, -0.25) is 14.2 Å². The van der Waals surface area contributed by atoms with E-state index in [9.17, 15) is 19.0 Å². The molecule has 2 unspecified atom stereocenters. The van der Waals surface area contributed by atoms with Crippen LogP contribution in [0.4, 0.5) is 0 Å². The Balaban J connectivity index is 4.23. The molecule has 9 nitrogen and oxygen atoms in total. The molecule has 0 saturated carbocycles. The lowest BCUT2D eigenvalue weighted by molar-refractivity contribution is -0.870. The van der Waals surface area contributed by atoms with Crippen LogP contribution in [0.15, 0.2) is 134 Å². The molecule has 0 aliphatic heterocycles. The van der Waals surface area contributed by atoms with Crippen LogP contribution in [0.2, 0.25) is 0 Å². The van der Waals surface area contributed by atoms with Gasteiger partial charge in [-0.25, -0.2) is 0 Å². The van der Waals surface area contributed by atoms with Gasteiger partial charge in [-0.15, -0.1) is 0 Å². The van der Waals surface area contributed by atoms with E-state index in [2.05, 4.69) is 148 Å². The van der Waals surface area contributed by atoms with Crippen molar-refractivity contribution >= 4 is 19.8 Å². The second-order valence-corrected chi connectivity index (χ2v) is 23.4. The van der Waals surface area contributed by atoms with Crippen molar-refractivity contribution < 1.29 is 42.1 Å². The molecule has 456 valence electrons. The summed E-state index contributed by atoms with van der Waals surface area (Å²) in [6.45, 7) is 4.09. The summed E-state index contributed by atoms with van der Waals surface area (Å²) in [5, 5.41) is 0. The van der Waals surface area contributed by atoms with Crippen LogP contribution in [-0.2, 0) is 32.7 Å². The lowest BCUT2D eigenvalue weighted by Crippen LogP contribution is -2.37. The summed E-state index contributed by atoms with van der Waals surface area (Å²) >= 11 is 0. The van der Waals surface area contributed by atoms with Gasteiger partial charge in [0.2, 0.25) is 0 Å². The van der Waals surface area contributed by atoms with Gasteiger partial charge in [0.1, 0.15) is 19.8 Å². The van der Waals surface area contributed by atoms with Crippen molar-refractivity contribution in [1.29, 1.82) is 0 Å². The molecule has 0 aliphatic carbocycles. The third-order valence-corrected chi connectivity index (χ3v) is 14.1. The van der Waals surface area contributed by atoms with Crippen molar-refractivity contribution in [2.75, 3.05) is 47.5 Å². The number of phosphoric acid groups is 1. The van der Waals surface area contributed by atoms with Crippen molar-refractivity contribution in [1.82, 2.24) is 0 Å². The SMILES string of the molecule is CC/C=C\C/C=C\C/C=C\C/C=C\C/C=C\C/C=C\C/C=C\C/C=C\C/C=C\C/C=C\CCCCCCC(=O)OC(COC(=O)CCCCCCCCCCC/C=C\CCCCCCCCCC)COP(=O)([O-])OCC[N+](C)(C)C. The van der Waals surface area contributed by atoms with E-state index in [0.29, 0.717) is 17.4 Å². The Morgan fingerprint density at radius 2 is 0.713 bits per heavy atom. The zero-order valence-corrected chi connectivity index (χ0v) is 52.6. The highest BCUT2D eigenvalue weighted by molar-refractivity contribution is 7.45. The molecule has 0 N–H and O–H groups in total. The van der Waals surface area contributed by atoms with Gasteiger partial charge in [0.15, 0.2) is 6.10 Å². The molecule has 0 saturated heterocycles. The van der Waals surface area contributed by atoms with Crippen LogP contribution in [0, 0.1) is 0 Å². The summed E-state index contributed by atoms with van der Waals surface area (Å²) < 4.78 is 34.2. The van der Waals surface area contributed by atoms with Crippen LogP contribution in [0.3, 0.4) is 0 Å². The lowest BCUT2D eigenvalue weighted by Gasteiger charge is -2.28. The number of hydrogen-bond donors (Lipinski definition) is 0. The quantitative estimate of drug-likeness (QED) is 0.0195. The maximum Gasteiger partial charge on any atom is 0.306 e. The fourth-order valence-electron chi connectivity index (χ4n) is 8.27. The fraction of sp³-hybridized carbons (Fsp3) is 0.657. The maximum absolute atomic E-state index is 12.8. The van der Waals surface area contributed by atoms with Gasteiger partial charge in [0.25, 0.3) is 7.82 Å². The summed E-state index contributed by atoms with van der Waals surface area (Å²) in [6, 6.07) is 0. The molecule has 2 atom stereocenters. The highest BCUT2D eigenvalue weighted by atomic mass is 31.2. The summed E-state index contributed by atoms with van der Waals surface area (Å²) in [7, 11) is 1.13. The molecule has 0 spiro atoms. The largest absolute Gasteiger partial charge is 0.756 e. The van der Waals surface area contributed by atoms with Crippen LogP contribution in [-0.4, -0.2) is 70.0 Å². The zero-order valence-electron chi connectivity index (χ0n) is 51.7. The molecule has 0 rings (SSSR count). The van der Waals surface area contributed by atoms with E-state index in [1.807, 2.05) is 21.1 Å². The average Bonchev–Trinajstić information content (AvgIpc) is 3.42. The number of hydrogen-bond acceptors (Lipinski definition) is 8. The molecule has 0 aliphatic rings. The van der Waals surface area contributed by atoms with Crippen LogP contribution in [0.1, 0.15) is 245 Å². The third-order valence-electron chi connectivity index (χ3n) is 13.2. The van der Waals surface area contributed by atoms with Crippen molar-refractivity contribution in [3.8, 4) is 0 Å². The minimum atomic E-state index is -4.66. The van der Waals surface area contributed by atoms with Crippen molar-refractivity contribution in [2.45, 2.75) is 251 Å². The number of likely N-dealkylation sites (N-methyl/N-ethyl adjacent to an activating group) is 1. The fourth-order valence-corrected chi connectivity index (χ4v) is 9.00. The molecule has 10 heteroatoms. The molecule has 0 bridgehead atoms. The van der Waals surface area contributed by atoms with Gasteiger partial charge in [-0.05, 0) is 116 Å². The first-order valence-electron chi connectivity index (χ1n) is 31.9. The topological polar surface area (TPSA) is 111 Å². The van der Waals surface area contributed by atoms with Gasteiger partial charge in [-0.2, -0.15) is 0 Å². The molecule has 0 aromatic heterocycles. The number of carbonyl (C=O) groups excluding carboxylic acids is 2. The first-order valence-corrected chi connectivity index (χ1v) is 33.4. The van der Waals surface area contributed by atoms with Crippen LogP contribution in [0.25, 0.3) is 0 Å². The van der Waals surface area contributed by atoms with E-state index in [4.69, 9.17) is 18.5 Å². The van der Waals surface area contributed by atoms with Crippen molar-refractivity contribution in [3.05, 3.63) is 134 Å². The van der Waals surface area contributed by atoms with Gasteiger partial charge in [0.05, 0.1) is 27.7 Å². The normalized spacial score (nSPS) is 14.1. The lowest BCUT2D eigenvalue weighted by atomic mass is 10.1. The highest BCUT2D eigenvalue weighted by Gasteiger charge is 2.22. The zero-order chi connectivity index (χ0) is 58.4. The van der Waals surface area contributed by atoms with Gasteiger partial charge >= 0.3 is 11.9 Å². The molecule has 0 aromatic rings. The summed E-state index contributed by atoms with van der Waals surface area (Å²) in [5.74, 6) is -0.870. The monoisotopic (exact) mass is 1130 g/mol. The van der Waals surface area contributed by atoms with E-state index >= 15 is 0 Å². The highest BCUT2D eigenvalue weighted by Crippen LogP contribution is 2.38. The number of esters is 2. The van der Waals surface area contributed by atoms with Crippen LogP contribution >= 0.6 is 7.82 Å². The molecule has 80 heavy (non-hydrogen) atoms. The minimum Gasteiger partial charge on any atom is -0.756 e. The molecular formula is C70H118NO8P.